The highest BCUT2D eigenvalue weighted by Gasteiger charge is 2.42. The Morgan fingerprint density at radius 1 is 1.18 bits per heavy atom. The molecule has 1 aliphatic heterocycles. The van der Waals surface area contributed by atoms with Crippen LogP contribution in [0.15, 0.2) is 30.3 Å². The maximum Gasteiger partial charge on any atom is 0.331 e. The molecule has 0 radical (unpaired) electrons. The number of benzene rings is 1. The predicted molar refractivity (Wildman–Crippen MR) is 100 cm³/mol. The lowest BCUT2D eigenvalue weighted by molar-refractivity contribution is -0.384. The number of hydrogen-bond acceptors (Lipinski definition) is 7. The molecule has 1 aliphatic carbocycles. The molecule has 1 saturated heterocycles. The van der Waals surface area contributed by atoms with E-state index in [0.717, 1.165) is 18.9 Å². The van der Waals surface area contributed by atoms with Gasteiger partial charge in [0.15, 0.2) is 16.4 Å². The number of nitrogens with zero attached hydrogens (tertiary/aromatic N) is 2. The van der Waals surface area contributed by atoms with Gasteiger partial charge in [0.25, 0.3) is 11.6 Å². The second-order valence-corrected chi connectivity index (χ2v) is 9.11. The number of non-ortho nitro benzene ring substituents is 1. The molecule has 1 aromatic carbocycles. The second-order valence-electron chi connectivity index (χ2n) is 6.88. The van der Waals surface area contributed by atoms with Gasteiger partial charge in [-0.2, -0.15) is 0 Å². The van der Waals surface area contributed by atoms with E-state index in [0.29, 0.717) is 12.0 Å². The minimum absolute atomic E-state index is 0.0279. The van der Waals surface area contributed by atoms with Gasteiger partial charge in [0.2, 0.25) is 0 Å². The van der Waals surface area contributed by atoms with Crippen LogP contribution in [0.1, 0.15) is 24.8 Å². The van der Waals surface area contributed by atoms with Crippen LogP contribution in [0.4, 0.5) is 5.69 Å². The van der Waals surface area contributed by atoms with Gasteiger partial charge in [0.05, 0.1) is 16.4 Å². The zero-order valence-corrected chi connectivity index (χ0v) is 15.8. The first-order chi connectivity index (χ1) is 13.2. The number of rotatable bonds is 7. The first-order valence-corrected chi connectivity index (χ1v) is 10.7. The van der Waals surface area contributed by atoms with Crippen LogP contribution >= 0.6 is 0 Å². The average molecular weight is 408 g/mol. The SMILES string of the molecule is O=C(/C=C/c1ccc([N+](=O)[O-])cc1)OCC(=O)N(C1CC1)[C@H]1CCS(=O)(=O)C1. The number of nitro groups is 1. The third-order valence-corrected chi connectivity index (χ3v) is 6.43. The Kier molecular flexibility index (Phi) is 5.78. The lowest BCUT2D eigenvalue weighted by atomic mass is 10.2. The van der Waals surface area contributed by atoms with E-state index in [9.17, 15) is 28.1 Å². The molecule has 28 heavy (non-hydrogen) atoms. The van der Waals surface area contributed by atoms with Crippen molar-refractivity contribution in [1.82, 2.24) is 4.90 Å². The first-order valence-electron chi connectivity index (χ1n) is 8.86. The molecule has 0 unspecified atom stereocenters. The van der Waals surface area contributed by atoms with Crippen molar-refractivity contribution in [3.05, 3.63) is 46.0 Å². The number of ether oxygens (including phenoxy) is 1. The van der Waals surface area contributed by atoms with Gasteiger partial charge in [-0.05, 0) is 43.0 Å². The minimum atomic E-state index is -3.11. The van der Waals surface area contributed by atoms with Crippen LogP contribution in [-0.2, 0) is 24.2 Å². The highest BCUT2D eigenvalue weighted by Crippen LogP contribution is 2.32. The van der Waals surface area contributed by atoms with Crippen LogP contribution in [0, 0.1) is 10.1 Å². The Morgan fingerprint density at radius 2 is 1.86 bits per heavy atom. The van der Waals surface area contributed by atoms with E-state index in [2.05, 4.69) is 0 Å². The molecular weight excluding hydrogens is 388 g/mol. The first kappa shape index (κ1) is 20.0. The molecule has 9 nitrogen and oxygen atoms in total. The lowest BCUT2D eigenvalue weighted by Gasteiger charge is -2.28. The fourth-order valence-corrected chi connectivity index (χ4v) is 4.89. The lowest BCUT2D eigenvalue weighted by Crippen LogP contribution is -2.44. The van der Waals surface area contributed by atoms with Gasteiger partial charge in [-0.25, -0.2) is 13.2 Å². The summed E-state index contributed by atoms with van der Waals surface area (Å²) >= 11 is 0. The Labute approximate surface area is 162 Å². The van der Waals surface area contributed by atoms with Crippen LogP contribution in [0.25, 0.3) is 6.08 Å². The summed E-state index contributed by atoms with van der Waals surface area (Å²) in [6.07, 6.45) is 4.64. The standard InChI is InChI=1S/C18H20N2O7S/c21-17(19(14-6-7-14)16-9-10-28(25,26)12-16)11-27-18(22)8-3-13-1-4-15(5-2-13)20(23)24/h1-5,8,14,16H,6-7,9-12H2/b8-3+/t16-/m0/s1. The monoisotopic (exact) mass is 408 g/mol. The maximum absolute atomic E-state index is 12.5. The van der Waals surface area contributed by atoms with Crippen molar-refractivity contribution in [3.63, 3.8) is 0 Å². The molecule has 1 amide bonds. The van der Waals surface area contributed by atoms with Crippen molar-refractivity contribution in [3.8, 4) is 0 Å². The fraction of sp³-hybridized carbons (Fsp3) is 0.444. The molecule has 1 saturated carbocycles. The zero-order chi connectivity index (χ0) is 20.3. The van der Waals surface area contributed by atoms with Crippen molar-refractivity contribution in [1.29, 1.82) is 0 Å². The van der Waals surface area contributed by atoms with Gasteiger partial charge in [-0.3, -0.25) is 14.9 Å². The number of sulfone groups is 1. The number of hydrogen-bond donors (Lipinski definition) is 0. The third-order valence-electron chi connectivity index (χ3n) is 4.68. The van der Waals surface area contributed by atoms with Crippen LogP contribution < -0.4 is 0 Å². The molecule has 1 aromatic rings. The molecular formula is C18H20N2O7S. The van der Waals surface area contributed by atoms with Crippen LogP contribution in [-0.4, -0.2) is 60.3 Å². The summed E-state index contributed by atoms with van der Waals surface area (Å²) in [7, 11) is -3.11. The Morgan fingerprint density at radius 3 is 2.39 bits per heavy atom. The fourth-order valence-electron chi connectivity index (χ4n) is 3.18. The van der Waals surface area contributed by atoms with E-state index in [1.54, 1.807) is 4.90 Å². The third kappa shape index (κ3) is 5.16. The van der Waals surface area contributed by atoms with E-state index < -0.39 is 27.3 Å². The second kappa shape index (κ2) is 8.09. The van der Waals surface area contributed by atoms with Gasteiger partial charge < -0.3 is 9.64 Å². The predicted octanol–water partition coefficient (Wildman–Crippen LogP) is 1.33. The highest BCUT2D eigenvalue weighted by atomic mass is 32.2. The molecule has 0 bridgehead atoms. The van der Waals surface area contributed by atoms with Crippen LogP contribution in [0.5, 0.6) is 0 Å². The smallest absolute Gasteiger partial charge is 0.331 e. The largest absolute Gasteiger partial charge is 0.452 e. The van der Waals surface area contributed by atoms with Gasteiger partial charge >= 0.3 is 5.97 Å². The molecule has 2 fully saturated rings. The summed E-state index contributed by atoms with van der Waals surface area (Å²) in [4.78, 5) is 36.0. The number of nitro benzene ring substituents is 1. The summed E-state index contributed by atoms with van der Waals surface area (Å²) in [6.45, 7) is -0.448. The Hall–Kier alpha value is -2.75. The molecule has 0 N–H and O–H groups in total. The van der Waals surface area contributed by atoms with Crippen LogP contribution in [0.2, 0.25) is 0 Å². The van der Waals surface area contributed by atoms with Gasteiger partial charge in [0.1, 0.15) is 0 Å². The molecule has 3 rings (SSSR count). The van der Waals surface area contributed by atoms with E-state index in [-0.39, 0.29) is 35.2 Å². The number of amides is 1. The van der Waals surface area contributed by atoms with Crippen molar-refractivity contribution < 1.29 is 27.7 Å². The minimum Gasteiger partial charge on any atom is -0.452 e. The molecule has 150 valence electrons. The molecule has 0 spiro atoms. The Balaban J connectivity index is 1.53. The molecule has 2 aliphatic rings. The average Bonchev–Trinajstić information content (AvgIpc) is 3.41. The molecule has 1 atom stereocenters. The molecule has 0 aromatic heterocycles. The summed E-state index contributed by atoms with van der Waals surface area (Å²) in [5, 5.41) is 10.6. The Bertz CT molecular complexity index is 904. The van der Waals surface area contributed by atoms with Gasteiger partial charge in [0, 0.05) is 30.3 Å². The van der Waals surface area contributed by atoms with E-state index in [4.69, 9.17) is 4.74 Å². The van der Waals surface area contributed by atoms with Gasteiger partial charge in [-0.15, -0.1) is 0 Å². The molecule has 1 heterocycles. The zero-order valence-electron chi connectivity index (χ0n) is 15.0. The number of esters is 1. The quantitative estimate of drug-likeness (QED) is 0.288. The summed E-state index contributed by atoms with van der Waals surface area (Å²) in [5.74, 6) is -1.07. The number of carbonyl (C=O) groups is 2. The van der Waals surface area contributed by atoms with Crippen molar-refractivity contribution >= 4 is 33.5 Å². The van der Waals surface area contributed by atoms with Crippen molar-refractivity contribution in [2.24, 2.45) is 0 Å². The van der Waals surface area contributed by atoms with Crippen molar-refractivity contribution in [2.45, 2.75) is 31.3 Å². The van der Waals surface area contributed by atoms with Gasteiger partial charge in [-0.1, -0.05) is 0 Å². The summed E-state index contributed by atoms with van der Waals surface area (Å²) in [5.41, 5.74) is 0.518. The molecule has 10 heteroatoms. The van der Waals surface area contributed by atoms with E-state index in [1.165, 1.54) is 30.3 Å². The summed E-state index contributed by atoms with van der Waals surface area (Å²) < 4.78 is 28.4. The topological polar surface area (TPSA) is 124 Å². The summed E-state index contributed by atoms with van der Waals surface area (Å²) in [6, 6.07) is 5.29. The highest BCUT2D eigenvalue weighted by molar-refractivity contribution is 7.91. The van der Waals surface area contributed by atoms with E-state index >= 15 is 0 Å². The maximum atomic E-state index is 12.5. The van der Waals surface area contributed by atoms with Crippen molar-refractivity contribution in [2.75, 3.05) is 18.1 Å². The normalized spacial score (nSPS) is 20.8. The van der Waals surface area contributed by atoms with E-state index in [1.807, 2.05) is 0 Å². The van der Waals surface area contributed by atoms with Crippen LogP contribution in [0.3, 0.4) is 0 Å². The number of carbonyl (C=O) groups excluding carboxylic acids is 2.